The van der Waals surface area contributed by atoms with Gasteiger partial charge >= 0.3 is 0 Å². The van der Waals surface area contributed by atoms with Crippen molar-refractivity contribution in [2.75, 3.05) is 38.6 Å². The summed E-state index contributed by atoms with van der Waals surface area (Å²) in [6, 6.07) is 7.02. The maximum Gasteiger partial charge on any atom is 0.0369 e. The molecule has 1 aromatic rings. The van der Waals surface area contributed by atoms with Crippen molar-refractivity contribution >= 4 is 5.69 Å². The summed E-state index contributed by atoms with van der Waals surface area (Å²) < 4.78 is 0. The molecule has 1 unspecified atom stereocenters. The van der Waals surface area contributed by atoms with Crippen molar-refractivity contribution in [2.24, 2.45) is 5.73 Å². The molecule has 0 heterocycles. The Morgan fingerprint density at radius 1 is 1.15 bits per heavy atom. The van der Waals surface area contributed by atoms with Crippen molar-refractivity contribution in [1.82, 2.24) is 4.90 Å². The van der Waals surface area contributed by atoms with Crippen LogP contribution in [0.5, 0.6) is 0 Å². The average molecular weight is 277 g/mol. The van der Waals surface area contributed by atoms with Crippen LogP contribution in [-0.4, -0.2) is 44.7 Å². The lowest BCUT2D eigenvalue weighted by Crippen LogP contribution is -2.32. The zero-order chi connectivity index (χ0) is 15.1. The smallest absolute Gasteiger partial charge is 0.0369 e. The summed E-state index contributed by atoms with van der Waals surface area (Å²) in [6.45, 7) is 9.76. The molecule has 3 nitrogen and oxygen atoms in total. The fraction of sp³-hybridized carbons (Fsp3) is 0.647. The molecule has 114 valence electrons. The van der Waals surface area contributed by atoms with Crippen LogP contribution in [0, 0.1) is 6.92 Å². The van der Waals surface area contributed by atoms with Gasteiger partial charge in [-0.25, -0.2) is 0 Å². The molecule has 3 heteroatoms. The summed E-state index contributed by atoms with van der Waals surface area (Å²) in [5.41, 5.74) is 9.96. The molecule has 2 N–H and O–H groups in total. The largest absolute Gasteiger partial charge is 0.370 e. The second-order valence-corrected chi connectivity index (χ2v) is 6.08. The number of likely N-dealkylation sites (N-methyl/N-ethyl adjacent to an activating group) is 1. The molecule has 1 aromatic carbocycles. The van der Waals surface area contributed by atoms with Crippen molar-refractivity contribution in [2.45, 2.75) is 39.7 Å². The highest BCUT2D eigenvalue weighted by atomic mass is 15.2. The SMILES string of the molecule is CCCN(CCN(C)C)c1ccc(CC(C)N)c(C)c1. The molecule has 0 aliphatic heterocycles. The first-order chi connectivity index (χ1) is 9.43. The summed E-state index contributed by atoms with van der Waals surface area (Å²) in [6.07, 6.45) is 2.13. The van der Waals surface area contributed by atoms with Crippen molar-refractivity contribution in [3.63, 3.8) is 0 Å². The molecular formula is C17H31N3. The molecule has 0 spiro atoms. The van der Waals surface area contributed by atoms with Gasteiger partial charge in [-0.1, -0.05) is 13.0 Å². The minimum Gasteiger partial charge on any atom is -0.370 e. The van der Waals surface area contributed by atoms with Gasteiger partial charge in [0.05, 0.1) is 0 Å². The minimum atomic E-state index is 0.222. The molecule has 0 radical (unpaired) electrons. The molecule has 0 fully saturated rings. The van der Waals surface area contributed by atoms with Crippen LogP contribution in [-0.2, 0) is 6.42 Å². The molecule has 0 aliphatic rings. The highest BCUT2D eigenvalue weighted by Gasteiger charge is 2.09. The first-order valence-electron chi connectivity index (χ1n) is 7.68. The monoisotopic (exact) mass is 277 g/mol. The minimum absolute atomic E-state index is 0.222. The summed E-state index contributed by atoms with van der Waals surface area (Å²) >= 11 is 0. The maximum absolute atomic E-state index is 5.90. The Balaban J connectivity index is 2.83. The topological polar surface area (TPSA) is 32.5 Å². The quantitative estimate of drug-likeness (QED) is 0.793. The summed E-state index contributed by atoms with van der Waals surface area (Å²) in [5.74, 6) is 0. The Bertz CT molecular complexity index is 399. The lowest BCUT2D eigenvalue weighted by Gasteiger charge is -2.27. The predicted octanol–water partition coefficient (Wildman–Crippen LogP) is 2.66. The molecule has 1 rings (SSSR count). The van der Waals surface area contributed by atoms with E-state index >= 15 is 0 Å². The van der Waals surface area contributed by atoms with Crippen LogP contribution < -0.4 is 10.6 Å². The van der Waals surface area contributed by atoms with E-state index in [4.69, 9.17) is 5.73 Å². The van der Waals surface area contributed by atoms with E-state index < -0.39 is 0 Å². The molecule has 0 amide bonds. The van der Waals surface area contributed by atoms with Gasteiger partial charge in [0.15, 0.2) is 0 Å². The van der Waals surface area contributed by atoms with Crippen molar-refractivity contribution in [1.29, 1.82) is 0 Å². The number of nitrogens with two attached hydrogens (primary N) is 1. The number of hydrogen-bond acceptors (Lipinski definition) is 3. The average Bonchev–Trinajstić information content (AvgIpc) is 2.36. The van der Waals surface area contributed by atoms with Crippen molar-refractivity contribution in [3.05, 3.63) is 29.3 Å². The van der Waals surface area contributed by atoms with Crippen LogP contribution in [0.2, 0.25) is 0 Å². The van der Waals surface area contributed by atoms with Crippen LogP contribution in [0.4, 0.5) is 5.69 Å². The van der Waals surface area contributed by atoms with Crippen molar-refractivity contribution < 1.29 is 0 Å². The number of aryl methyl sites for hydroxylation is 1. The molecule has 20 heavy (non-hydrogen) atoms. The van der Waals surface area contributed by atoms with E-state index in [0.717, 1.165) is 26.1 Å². The summed E-state index contributed by atoms with van der Waals surface area (Å²) in [7, 11) is 4.25. The molecule has 0 saturated carbocycles. The van der Waals surface area contributed by atoms with Crippen LogP contribution in [0.1, 0.15) is 31.4 Å². The summed E-state index contributed by atoms with van der Waals surface area (Å²) in [5, 5.41) is 0. The fourth-order valence-electron chi connectivity index (χ4n) is 2.41. The Labute approximate surface area is 124 Å². The van der Waals surface area contributed by atoms with Gasteiger partial charge in [-0.2, -0.15) is 0 Å². The molecule has 0 bridgehead atoms. The van der Waals surface area contributed by atoms with Gasteiger partial charge in [0, 0.05) is 31.4 Å². The lowest BCUT2D eigenvalue weighted by atomic mass is 10.0. The molecule has 0 saturated heterocycles. The third kappa shape index (κ3) is 5.51. The van der Waals surface area contributed by atoms with Crippen LogP contribution in [0.25, 0.3) is 0 Å². The van der Waals surface area contributed by atoms with E-state index in [1.54, 1.807) is 0 Å². The Morgan fingerprint density at radius 2 is 1.85 bits per heavy atom. The lowest BCUT2D eigenvalue weighted by molar-refractivity contribution is 0.413. The number of benzene rings is 1. The second-order valence-electron chi connectivity index (χ2n) is 6.08. The first kappa shape index (κ1) is 17.0. The van der Waals surface area contributed by atoms with Gasteiger partial charge in [0.2, 0.25) is 0 Å². The normalized spacial score (nSPS) is 12.8. The molecule has 0 aliphatic carbocycles. The number of anilines is 1. The van der Waals surface area contributed by atoms with Gasteiger partial charge in [-0.15, -0.1) is 0 Å². The van der Waals surface area contributed by atoms with E-state index in [1.165, 1.54) is 23.2 Å². The fourth-order valence-corrected chi connectivity index (χ4v) is 2.41. The first-order valence-corrected chi connectivity index (χ1v) is 7.68. The molecule has 1 atom stereocenters. The zero-order valence-electron chi connectivity index (χ0n) is 13.8. The Morgan fingerprint density at radius 3 is 2.35 bits per heavy atom. The Hall–Kier alpha value is -1.06. The van der Waals surface area contributed by atoms with E-state index in [1.807, 2.05) is 0 Å². The zero-order valence-corrected chi connectivity index (χ0v) is 13.8. The highest BCUT2D eigenvalue weighted by molar-refractivity contribution is 5.51. The van der Waals surface area contributed by atoms with Gasteiger partial charge < -0.3 is 15.5 Å². The highest BCUT2D eigenvalue weighted by Crippen LogP contribution is 2.20. The summed E-state index contributed by atoms with van der Waals surface area (Å²) in [4.78, 5) is 4.71. The standard InChI is InChI=1S/C17H31N3/c1-6-9-20(11-10-19(4)5)17-8-7-16(13-15(3)18)14(2)12-17/h7-8,12,15H,6,9-11,13,18H2,1-5H3. The third-order valence-electron chi connectivity index (χ3n) is 3.54. The van der Waals surface area contributed by atoms with Gasteiger partial charge in [-0.05, 0) is 64.0 Å². The van der Waals surface area contributed by atoms with Crippen LogP contribution in [0.3, 0.4) is 0 Å². The third-order valence-corrected chi connectivity index (χ3v) is 3.54. The van der Waals surface area contributed by atoms with Gasteiger partial charge in [0.1, 0.15) is 0 Å². The van der Waals surface area contributed by atoms with E-state index in [9.17, 15) is 0 Å². The van der Waals surface area contributed by atoms with Gasteiger partial charge in [-0.3, -0.25) is 0 Å². The number of hydrogen-bond donors (Lipinski definition) is 1. The Kier molecular flexibility index (Phi) is 7.03. The van der Waals surface area contributed by atoms with Crippen LogP contribution >= 0.6 is 0 Å². The van der Waals surface area contributed by atoms with E-state index in [0.29, 0.717) is 0 Å². The second kappa shape index (κ2) is 8.28. The number of rotatable bonds is 8. The molecular weight excluding hydrogens is 246 g/mol. The van der Waals surface area contributed by atoms with E-state index in [2.05, 4.69) is 62.9 Å². The number of nitrogens with zero attached hydrogens (tertiary/aromatic N) is 2. The van der Waals surface area contributed by atoms with Crippen LogP contribution in [0.15, 0.2) is 18.2 Å². The van der Waals surface area contributed by atoms with Gasteiger partial charge in [0.25, 0.3) is 0 Å². The van der Waals surface area contributed by atoms with Crippen molar-refractivity contribution in [3.8, 4) is 0 Å². The molecule has 0 aromatic heterocycles. The predicted molar refractivity (Wildman–Crippen MR) is 89.6 cm³/mol. The van der Waals surface area contributed by atoms with E-state index in [-0.39, 0.29) is 6.04 Å². The maximum atomic E-state index is 5.90.